The Morgan fingerprint density at radius 3 is 2.70 bits per heavy atom. The van der Waals surface area contributed by atoms with Crippen LogP contribution in [0.15, 0.2) is 41.9 Å². The molecule has 1 aromatic carbocycles. The van der Waals surface area contributed by atoms with Crippen molar-refractivity contribution in [3.05, 3.63) is 63.6 Å². The Kier molecular flexibility index (Phi) is 6.49. The van der Waals surface area contributed by atoms with Crippen LogP contribution in [-0.2, 0) is 9.53 Å². The van der Waals surface area contributed by atoms with Crippen molar-refractivity contribution in [3.8, 4) is 10.6 Å². The lowest BCUT2D eigenvalue weighted by Gasteiger charge is -2.12. The summed E-state index contributed by atoms with van der Waals surface area (Å²) in [4.78, 5) is 31.1. The van der Waals surface area contributed by atoms with Crippen LogP contribution in [0.1, 0.15) is 41.4 Å². The van der Waals surface area contributed by atoms with Crippen molar-refractivity contribution in [1.82, 2.24) is 14.8 Å². The summed E-state index contributed by atoms with van der Waals surface area (Å²) in [7, 11) is 0. The van der Waals surface area contributed by atoms with Gasteiger partial charge in [0.2, 0.25) is 0 Å². The lowest BCUT2D eigenvalue weighted by molar-refractivity contribution is -0.119. The average Bonchev–Trinajstić information content (AvgIpc) is 3.43. The van der Waals surface area contributed by atoms with Gasteiger partial charge in [-0.15, -0.1) is 11.3 Å². The minimum Gasteiger partial charge on any atom is -0.452 e. The number of fused-ring (bicyclic) bond motifs is 1. The number of amides is 1. The van der Waals surface area contributed by atoms with Gasteiger partial charge in [-0.25, -0.2) is 14.5 Å². The third kappa shape index (κ3) is 4.77. The van der Waals surface area contributed by atoms with Gasteiger partial charge in [-0.3, -0.25) is 4.79 Å². The first-order chi connectivity index (χ1) is 15.7. The normalized spacial score (nSPS) is 11.2. The summed E-state index contributed by atoms with van der Waals surface area (Å²) in [6, 6.07) is 9.28. The van der Waals surface area contributed by atoms with E-state index in [1.165, 1.54) is 11.3 Å². The van der Waals surface area contributed by atoms with Crippen LogP contribution >= 0.6 is 22.9 Å². The van der Waals surface area contributed by atoms with Crippen molar-refractivity contribution < 1.29 is 14.3 Å². The topological polar surface area (TPSA) is 86.1 Å². The maximum absolute atomic E-state index is 13.0. The van der Waals surface area contributed by atoms with Crippen molar-refractivity contribution in [2.75, 3.05) is 11.9 Å². The van der Waals surface area contributed by atoms with Crippen molar-refractivity contribution in [1.29, 1.82) is 0 Å². The fourth-order valence-electron chi connectivity index (χ4n) is 3.57. The van der Waals surface area contributed by atoms with Crippen molar-refractivity contribution >= 4 is 51.5 Å². The number of halogens is 1. The van der Waals surface area contributed by atoms with E-state index in [1.54, 1.807) is 23.0 Å². The van der Waals surface area contributed by atoms with Crippen molar-refractivity contribution in [3.63, 3.8) is 0 Å². The third-order valence-corrected chi connectivity index (χ3v) is 6.27. The summed E-state index contributed by atoms with van der Waals surface area (Å²) >= 11 is 7.78. The number of esters is 1. The number of carbonyl (C=O) groups is 2. The Morgan fingerprint density at radius 2 is 2.03 bits per heavy atom. The van der Waals surface area contributed by atoms with Crippen molar-refractivity contribution in [2.45, 2.75) is 33.7 Å². The van der Waals surface area contributed by atoms with Gasteiger partial charge < -0.3 is 10.1 Å². The molecule has 4 aromatic rings. The van der Waals surface area contributed by atoms with E-state index in [0.717, 1.165) is 16.0 Å². The predicted molar refractivity (Wildman–Crippen MR) is 131 cm³/mol. The molecule has 0 atom stereocenters. The second kappa shape index (κ2) is 9.33. The van der Waals surface area contributed by atoms with Crippen LogP contribution in [0, 0.1) is 13.8 Å². The first-order valence-electron chi connectivity index (χ1n) is 10.4. The lowest BCUT2D eigenvalue weighted by Crippen LogP contribution is -2.21. The number of benzene rings is 1. The number of nitrogens with zero attached hydrogens (tertiary/aromatic N) is 3. The van der Waals surface area contributed by atoms with E-state index in [9.17, 15) is 9.59 Å². The summed E-state index contributed by atoms with van der Waals surface area (Å²) in [5.41, 5.74) is 3.89. The molecule has 0 unspecified atom stereocenters. The van der Waals surface area contributed by atoms with Crippen LogP contribution in [0.25, 0.3) is 21.6 Å². The molecule has 3 heterocycles. The van der Waals surface area contributed by atoms with Gasteiger partial charge in [0.05, 0.1) is 38.4 Å². The van der Waals surface area contributed by atoms with E-state index in [2.05, 4.69) is 10.4 Å². The first kappa shape index (κ1) is 22.9. The van der Waals surface area contributed by atoms with Gasteiger partial charge >= 0.3 is 5.97 Å². The van der Waals surface area contributed by atoms with Crippen LogP contribution in [0.3, 0.4) is 0 Å². The number of thiophene rings is 1. The van der Waals surface area contributed by atoms with Crippen LogP contribution < -0.4 is 5.32 Å². The van der Waals surface area contributed by atoms with Gasteiger partial charge in [-0.2, -0.15) is 5.10 Å². The number of hydrogen-bond donors (Lipinski definition) is 1. The SMILES string of the molecule is Cc1cc(C)c(NC(=O)COC(=O)c2cc(-c3cccs3)nc3c2cnn3C(C)C)c(Cl)c1. The molecule has 0 aliphatic carbocycles. The molecule has 0 aliphatic heterocycles. The largest absolute Gasteiger partial charge is 0.452 e. The van der Waals surface area contributed by atoms with Gasteiger partial charge in [0.1, 0.15) is 0 Å². The molecule has 170 valence electrons. The maximum atomic E-state index is 13.0. The first-order valence-corrected chi connectivity index (χ1v) is 11.7. The molecule has 0 fully saturated rings. The van der Waals surface area contributed by atoms with E-state index in [0.29, 0.717) is 33.0 Å². The highest BCUT2D eigenvalue weighted by Crippen LogP contribution is 2.30. The predicted octanol–water partition coefficient (Wildman–Crippen LogP) is 5.81. The highest BCUT2D eigenvalue weighted by molar-refractivity contribution is 7.13. The molecule has 1 N–H and O–H groups in total. The Hall–Kier alpha value is -3.23. The second-order valence-corrected chi connectivity index (χ2v) is 9.37. The number of pyridine rings is 1. The fraction of sp³-hybridized carbons (Fsp3) is 0.250. The molecule has 0 saturated carbocycles. The Morgan fingerprint density at radius 1 is 1.24 bits per heavy atom. The number of ether oxygens (including phenoxy) is 1. The zero-order valence-corrected chi connectivity index (χ0v) is 20.3. The van der Waals surface area contributed by atoms with Gasteiger partial charge in [-0.05, 0) is 62.4 Å². The highest BCUT2D eigenvalue weighted by Gasteiger charge is 2.21. The second-order valence-electron chi connectivity index (χ2n) is 8.02. The standard InChI is InChI=1S/C24H23ClN4O3S/c1-13(2)29-23-17(11-26-29)16(10-19(27-23)20-6-5-7-33-20)24(31)32-12-21(30)28-22-15(4)8-14(3)9-18(22)25/h5-11,13H,12H2,1-4H3,(H,28,30). The van der Waals surface area contributed by atoms with Gasteiger partial charge in [0.25, 0.3) is 5.91 Å². The Balaban J connectivity index is 1.58. The van der Waals surface area contributed by atoms with E-state index >= 15 is 0 Å². The van der Waals surface area contributed by atoms with E-state index in [4.69, 9.17) is 21.3 Å². The minimum atomic E-state index is -0.620. The summed E-state index contributed by atoms with van der Waals surface area (Å²) in [5, 5.41) is 10.1. The maximum Gasteiger partial charge on any atom is 0.339 e. The van der Waals surface area contributed by atoms with Gasteiger partial charge in [-0.1, -0.05) is 23.7 Å². The van der Waals surface area contributed by atoms with Gasteiger partial charge in [0.15, 0.2) is 12.3 Å². The molecule has 3 aromatic heterocycles. The Bertz CT molecular complexity index is 1320. The summed E-state index contributed by atoms with van der Waals surface area (Å²) in [6.45, 7) is 7.32. The fourth-order valence-corrected chi connectivity index (χ4v) is 4.63. The number of aromatic nitrogens is 3. The van der Waals surface area contributed by atoms with E-state index in [-0.39, 0.29) is 6.04 Å². The van der Waals surface area contributed by atoms with Gasteiger partial charge in [0, 0.05) is 6.04 Å². The smallest absolute Gasteiger partial charge is 0.339 e. The summed E-state index contributed by atoms with van der Waals surface area (Å²) < 4.78 is 7.12. The number of aryl methyl sites for hydroxylation is 2. The summed E-state index contributed by atoms with van der Waals surface area (Å²) in [5.74, 6) is -1.09. The third-order valence-electron chi connectivity index (χ3n) is 5.08. The highest BCUT2D eigenvalue weighted by atomic mass is 35.5. The molecule has 0 saturated heterocycles. The molecule has 9 heteroatoms. The van der Waals surface area contributed by atoms with E-state index in [1.807, 2.05) is 51.3 Å². The van der Waals surface area contributed by atoms with Crippen LogP contribution in [0.5, 0.6) is 0 Å². The van der Waals surface area contributed by atoms with Crippen LogP contribution in [0.4, 0.5) is 5.69 Å². The molecule has 0 bridgehead atoms. The Labute approximate surface area is 200 Å². The van der Waals surface area contributed by atoms with Crippen LogP contribution in [0.2, 0.25) is 5.02 Å². The number of carbonyl (C=O) groups excluding carboxylic acids is 2. The number of anilines is 1. The number of nitrogens with one attached hydrogen (secondary N) is 1. The number of rotatable bonds is 6. The molecule has 1 amide bonds. The van der Waals surface area contributed by atoms with Crippen molar-refractivity contribution in [2.24, 2.45) is 0 Å². The molecule has 0 radical (unpaired) electrons. The molecular formula is C24H23ClN4O3S. The minimum absolute atomic E-state index is 0.0609. The zero-order chi connectivity index (χ0) is 23.7. The van der Waals surface area contributed by atoms with E-state index < -0.39 is 18.5 Å². The lowest BCUT2D eigenvalue weighted by atomic mass is 10.1. The monoisotopic (exact) mass is 482 g/mol. The zero-order valence-electron chi connectivity index (χ0n) is 18.7. The molecule has 0 aliphatic rings. The van der Waals surface area contributed by atoms with Crippen LogP contribution in [-0.4, -0.2) is 33.2 Å². The molecule has 33 heavy (non-hydrogen) atoms. The quantitative estimate of drug-likeness (QED) is 0.350. The average molecular weight is 483 g/mol. The molecular weight excluding hydrogens is 460 g/mol. The molecule has 0 spiro atoms. The molecule has 7 nitrogen and oxygen atoms in total. The molecule has 4 rings (SSSR count). The number of hydrogen-bond acceptors (Lipinski definition) is 6. The summed E-state index contributed by atoms with van der Waals surface area (Å²) in [6.07, 6.45) is 1.60.